The van der Waals surface area contributed by atoms with Gasteiger partial charge in [0, 0.05) is 25.2 Å². The molecule has 182 valence electrons. The van der Waals surface area contributed by atoms with Crippen LogP contribution in [0.4, 0.5) is 20.7 Å². The molecule has 12 heteroatoms. The number of alkyl halides is 2. The predicted molar refractivity (Wildman–Crippen MR) is 123 cm³/mol. The minimum atomic E-state index is -2.84. The topological polar surface area (TPSA) is 116 Å². The van der Waals surface area contributed by atoms with Crippen LogP contribution in [-0.4, -0.2) is 70.0 Å². The van der Waals surface area contributed by atoms with E-state index in [0.29, 0.717) is 55.0 Å². The number of nitrogens with two attached hydrogens (primary N) is 1. The first-order valence-corrected chi connectivity index (χ1v) is 11.5. The molecule has 1 aromatic carbocycles. The van der Waals surface area contributed by atoms with Gasteiger partial charge in [-0.1, -0.05) is 6.07 Å². The first-order valence-electron chi connectivity index (χ1n) is 11.5. The Labute approximate surface area is 195 Å². The molecule has 2 aliphatic rings. The summed E-state index contributed by atoms with van der Waals surface area (Å²) in [5, 5.41) is 3.38. The number of imidazole rings is 1. The molecule has 1 saturated carbocycles. The van der Waals surface area contributed by atoms with Crippen molar-refractivity contribution >= 4 is 22.9 Å². The summed E-state index contributed by atoms with van der Waals surface area (Å²) in [7, 11) is 1.48. The monoisotopic (exact) mass is 474 g/mol. The largest absolute Gasteiger partial charge is 0.494 e. The van der Waals surface area contributed by atoms with E-state index in [1.165, 1.54) is 11.7 Å². The number of nitrogens with zero attached hydrogens (tertiary/aromatic N) is 6. The number of halogens is 2. The normalized spacial score (nSPS) is 21.3. The van der Waals surface area contributed by atoms with Gasteiger partial charge in [-0.05, 0) is 37.8 Å². The zero-order valence-electron chi connectivity index (χ0n) is 19.0. The number of para-hydroxylation sites is 1. The molecule has 0 spiro atoms. The van der Waals surface area contributed by atoms with E-state index in [2.05, 4.69) is 25.3 Å². The molecule has 1 aliphatic carbocycles. The van der Waals surface area contributed by atoms with Gasteiger partial charge in [-0.15, -0.1) is 0 Å². The molecule has 0 bridgehead atoms. The number of rotatable bonds is 6. The number of benzene rings is 1. The Morgan fingerprint density at radius 1 is 1.06 bits per heavy atom. The standard InChI is InChI=1S/C22H28F2N8O2/c1-33-16-4-2-3-15-17(16)27-19(18(23)24)32(15)22-29-20(26-14-7-5-13(25)6-8-14)28-21(30-22)31-9-11-34-12-10-31/h2-4,13-14,18H,5-12,25H2,1H3,(H,26,28,29,30)/t13-,14+. The maximum atomic E-state index is 14.1. The molecule has 0 unspecified atom stereocenters. The summed E-state index contributed by atoms with van der Waals surface area (Å²) in [6.07, 6.45) is 0.767. The van der Waals surface area contributed by atoms with Crippen LogP contribution in [-0.2, 0) is 4.74 Å². The molecule has 2 aromatic heterocycles. The second kappa shape index (κ2) is 9.63. The van der Waals surface area contributed by atoms with Crippen molar-refractivity contribution in [1.29, 1.82) is 0 Å². The van der Waals surface area contributed by atoms with Crippen molar-refractivity contribution in [2.75, 3.05) is 43.6 Å². The highest BCUT2D eigenvalue weighted by molar-refractivity contribution is 5.84. The number of ether oxygens (including phenoxy) is 2. The molecule has 0 atom stereocenters. The second-order valence-electron chi connectivity index (χ2n) is 8.55. The summed E-state index contributed by atoms with van der Waals surface area (Å²) in [6, 6.07) is 5.47. The van der Waals surface area contributed by atoms with Gasteiger partial charge in [0.1, 0.15) is 11.3 Å². The summed E-state index contributed by atoms with van der Waals surface area (Å²) < 4.78 is 40.3. The minimum absolute atomic E-state index is 0.0811. The maximum Gasteiger partial charge on any atom is 0.296 e. The van der Waals surface area contributed by atoms with Gasteiger partial charge >= 0.3 is 0 Å². The second-order valence-corrected chi connectivity index (χ2v) is 8.55. The lowest BCUT2D eigenvalue weighted by Gasteiger charge is -2.29. The van der Waals surface area contributed by atoms with Gasteiger partial charge in [-0.25, -0.2) is 13.8 Å². The highest BCUT2D eigenvalue weighted by Gasteiger charge is 2.26. The van der Waals surface area contributed by atoms with Crippen LogP contribution in [0.1, 0.15) is 37.9 Å². The van der Waals surface area contributed by atoms with Gasteiger partial charge in [0.2, 0.25) is 17.8 Å². The van der Waals surface area contributed by atoms with E-state index in [0.717, 1.165) is 25.7 Å². The highest BCUT2D eigenvalue weighted by atomic mass is 19.3. The van der Waals surface area contributed by atoms with E-state index < -0.39 is 12.2 Å². The molecule has 2 fully saturated rings. The number of hydrogen-bond acceptors (Lipinski definition) is 9. The van der Waals surface area contributed by atoms with Crippen LogP contribution in [0.5, 0.6) is 5.75 Å². The molecule has 1 aliphatic heterocycles. The maximum absolute atomic E-state index is 14.1. The quantitative estimate of drug-likeness (QED) is 0.556. The minimum Gasteiger partial charge on any atom is -0.494 e. The van der Waals surface area contributed by atoms with Crippen LogP contribution in [0.3, 0.4) is 0 Å². The number of nitrogens with one attached hydrogen (secondary N) is 1. The van der Waals surface area contributed by atoms with E-state index in [-0.39, 0.29) is 18.0 Å². The number of morpholine rings is 1. The Hall–Kier alpha value is -3.12. The highest BCUT2D eigenvalue weighted by Crippen LogP contribution is 2.32. The SMILES string of the molecule is COc1cccc2c1nc(C(F)F)n2-c1nc(N[C@H]2CC[C@@H](N)CC2)nc(N2CCOCC2)n1. The number of methoxy groups -OCH3 is 1. The van der Waals surface area contributed by atoms with Crippen molar-refractivity contribution in [3.05, 3.63) is 24.0 Å². The van der Waals surface area contributed by atoms with Crippen LogP contribution >= 0.6 is 0 Å². The molecule has 10 nitrogen and oxygen atoms in total. The molecular weight excluding hydrogens is 446 g/mol. The Morgan fingerprint density at radius 3 is 2.50 bits per heavy atom. The average Bonchev–Trinajstić information content (AvgIpc) is 3.26. The lowest BCUT2D eigenvalue weighted by molar-refractivity contribution is 0.122. The Bertz CT molecular complexity index is 1140. The van der Waals surface area contributed by atoms with Gasteiger partial charge in [-0.3, -0.25) is 4.57 Å². The van der Waals surface area contributed by atoms with Crippen molar-refractivity contribution < 1.29 is 18.3 Å². The van der Waals surface area contributed by atoms with Crippen LogP contribution in [0, 0.1) is 0 Å². The van der Waals surface area contributed by atoms with Gasteiger partial charge in [-0.2, -0.15) is 15.0 Å². The van der Waals surface area contributed by atoms with Gasteiger partial charge in [0.15, 0.2) is 5.82 Å². The molecule has 3 aromatic rings. The molecule has 3 N–H and O–H groups in total. The molecule has 3 heterocycles. The lowest BCUT2D eigenvalue weighted by Crippen LogP contribution is -2.38. The molecule has 5 rings (SSSR count). The number of aromatic nitrogens is 5. The lowest BCUT2D eigenvalue weighted by atomic mass is 9.92. The van der Waals surface area contributed by atoms with Gasteiger partial charge in [0.05, 0.1) is 25.8 Å². The fourth-order valence-corrected chi connectivity index (χ4v) is 4.48. The predicted octanol–water partition coefficient (Wildman–Crippen LogP) is 2.68. The number of anilines is 2. The fourth-order valence-electron chi connectivity index (χ4n) is 4.48. The third-order valence-corrected chi connectivity index (χ3v) is 6.30. The summed E-state index contributed by atoms with van der Waals surface area (Å²) in [5.41, 5.74) is 6.80. The molecule has 34 heavy (non-hydrogen) atoms. The van der Waals surface area contributed by atoms with E-state index in [1.54, 1.807) is 18.2 Å². The van der Waals surface area contributed by atoms with Crippen molar-refractivity contribution in [3.63, 3.8) is 0 Å². The molecular formula is C22H28F2N8O2. The Balaban J connectivity index is 1.61. The molecule has 0 amide bonds. The average molecular weight is 475 g/mol. The Kier molecular flexibility index (Phi) is 6.42. The molecule has 0 radical (unpaired) electrons. The van der Waals surface area contributed by atoms with Crippen molar-refractivity contribution in [1.82, 2.24) is 24.5 Å². The van der Waals surface area contributed by atoms with Crippen LogP contribution in [0.25, 0.3) is 17.0 Å². The third-order valence-electron chi connectivity index (χ3n) is 6.30. The summed E-state index contributed by atoms with van der Waals surface area (Å²) in [6.45, 7) is 2.28. The third kappa shape index (κ3) is 4.47. The van der Waals surface area contributed by atoms with E-state index in [1.807, 2.05) is 4.90 Å². The van der Waals surface area contributed by atoms with Crippen molar-refractivity contribution in [2.45, 2.75) is 44.2 Å². The van der Waals surface area contributed by atoms with E-state index in [9.17, 15) is 8.78 Å². The van der Waals surface area contributed by atoms with Crippen molar-refractivity contribution in [3.8, 4) is 11.7 Å². The smallest absolute Gasteiger partial charge is 0.296 e. The van der Waals surface area contributed by atoms with Crippen LogP contribution in [0.2, 0.25) is 0 Å². The first kappa shape index (κ1) is 22.7. The zero-order valence-corrected chi connectivity index (χ0v) is 19.0. The first-order chi connectivity index (χ1) is 16.5. The number of fused-ring (bicyclic) bond motifs is 1. The summed E-state index contributed by atoms with van der Waals surface area (Å²) >= 11 is 0. The zero-order chi connectivity index (χ0) is 23.7. The summed E-state index contributed by atoms with van der Waals surface area (Å²) in [4.78, 5) is 19.9. The molecule has 1 saturated heterocycles. The van der Waals surface area contributed by atoms with Crippen LogP contribution < -0.4 is 20.7 Å². The van der Waals surface area contributed by atoms with E-state index >= 15 is 0 Å². The van der Waals surface area contributed by atoms with Gasteiger partial charge < -0.3 is 25.4 Å². The van der Waals surface area contributed by atoms with E-state index in [4.69, 9.17) is 15.2 Å². The summed E-state index contributed by atoms with van der Waals surface area (Å²) in [5.74, 6) is 0.786. The number of hydrogen-bond donors (Lipinski definition) is 2. The van der Waals surface area contributed by atoms with Gasteiger partial charge in [0.25, 0.3) is 6.43 Å². The Morgan fingerprint density at radius 2 is 1.79 bits per heavy atom. The van der Waals surface area contributed by atoms with Crippen molar-refractivity contribution in [2.24, 2.45) is 5.73 Å². The fraction of sp³-hybridized carbons (Fsp3) is 0.545. The van der Waals surface area contributed by atoms with Crippen LogP contribution in [0.15, 0.2) is 18.2 Å².